The second-order valence-electron chi connectivity index (χ2n) is 5.18. The van der Waals surface area contributed by atoms with Crippen LogP contribution < -0.4 is 10.1 Å². The monoisotopic (exact) mass is 246 g/mol. The predicted octanol–water partition coefficient (Wildman–Crippen LogP) is 3.00. The highest BCUT2D eigenvalue weighted by Crippen LogP contribution is 2.28. The quantitative estimate of drug-likeness (QED) is 0.868. The molecule has 1 rings (SSSR count). The molecular weight excluding hydrogens is 224 g/mol. The molecule has 1 aromatic rings. The first-order valence-corrected chi connectivity index (χ1v) is 6.25. The van der Waals surface area contributed by atoms with Crippen molar-refractivity contribution in [2.24, 2.45) is 0 Å². The van der Waals surface area contributed by atoms with Gasteiger partial charge >= 0.3 is 0 Å². The van der Waals surface area contributed by atoms with Crippen LogP contribution >= 0.6 is 0 Å². The van der Waals surface area contributed by atoms with E-state index < -0.39 is 5.54 Å². The molecule has 0 spiro atoms. The van der Waals surface area contributed by atoms with Crippen molar-refractivity contribution in [3.05, 3.63) is 29.3 Å². The van der Waals surface area contributed by atoms with E-state index in [9.17, 15) is 0 Å². The molecule has 0 bridgehead atoms. The summed E-state index contributed by atoms with van der Waals surface area (Å²) in [6.07, 6.45) is 0. The first kappa shape index (κ1) is 14.5. The molecule has 1 unspecified atom stereocenters. The third-order valence-electron chi connectivity index (χ3n) is 3.11. The lowest BCUT2D eigenvalue weighted by atomic mass is 10.0. The lowest BCUT2D eigenvalue weighted by molar-refractivity contribution is 0.239. The van der Waals surface area contributed by atoms with Gasteiger partial charge in [-0.25, -0.2) is 0 Å². The molecular formula is C15H22N2O. The maximum Gasteiger partial charge on any atom is 0.137 e. The number of nitrogens with one attached hydrogen (secondary N) is 1. The second-order valence-corrected chi connectivity index (χ2v) is 5.18. The van der Waals surface area contributed by atoms with Crippen LogP contribution in [-0.4, -0.2) is 19.2 Å². The standard InChI is InChI=1S/C15H22N2O/c1-11(2)13-7-6-12(3)8-14(13)18-10-15(4,9-16)17-5/h6-8,11,17H,10H2,1-5H3. The van der Waals surface area contributed by atoms with Crippen LogP contribution in [0.5, 0.6) is 5.75 Å². The van der Waals surface area contributed by atoms with Gasteiger partial charge in [0.25, 0.3) is 0 Å². The van der Waals surface area contributed by atoms with Crippen molar-refractivity contribution in [2.75, 3.05) is 13.7 Å². The molecule has 3 heteroatoms. The number of benzene rings is 1. The summed E-state index contributed by atoms with van der Waals surface area (Å²) < 4.78 is 5.84. The Balaban J connectivity index is 2.91. The second kappa shape index (κ2) is 5.88. The minimum absolute atomic E-state index is 0.336. The summed E-state index contributed by atoms with van der Waals surface area (Å²) in [5.41, 5.74) is 1.69. The molecule has 18 heavy (non-hydrogen) atoms. The Morgan fingerprint density at radius 3 is 2.61 bits per heavy atom. The van der Waals surface area contributed by atoms with Crippen LogP contribution in [-0.2, 0) is 0 Å². The molecule has 0 saturated carbocycles. The topological polar surface area (TPSA) is 45.0 Å². The molecule has 0 amide bonds. The van der Waals surface area contributed by atoms with E-state index in [2.05, 4.69) is 37.4 Å². The van der Waals surface area contributed by atoms with Gasteiger partial charge in [-0.1, -0.05) is 26.0 Å². The van der Waals surface area contributed by atoms with Crippen LogP contribution in [0.2, 0.25) is 0 Å². The van der Waals surface area contributed by atoms with Crippen molar-refractivity contribution in [3.63, 3.8) is 0 Å². The minimum Gasteiger partial charge on any atom is -0.490 e. The average molecular weight is 246 g/mol. The highest BCUT2D eigenvalue weighted by molar-refractivity contribution is 5.39. The van der Waals surface area contributed by atoms with Crippen LogP contribution in [0, 0.1) is 18.3 Å². The van der Waals surface area contributed by atoms with Crippen LogP contribution in [0.4, 0.5) is 0 Å². The Labute approximate surface area is 110 Å². The zero-order valence-electron chi connectivity index (χ0n) is 11.9. The normalized spacial score (nSPS) is 14.1. The SMILES string of the molecule is CNC(C)(C#N)COc1cc(C)ccc1C(C)C. The summed E-state index contributed by atoms with van der Waals surface area (Å²) in [6, 6.07) is 8.44. The van der Waals surface area contributed by atoms with Crippen molar-refractivity contribution in [3.8, 4) is 11.8 Å². The molecule has 0 aromatic heterocycles. The van der Waals surface area contributed by atoms with Crippen molar-refractivity contribution >= 4 is 0 Å². The molecule has 98 valence electrons. The van der Waals surface area contributed by atoms with Crippen molar-refractivity contribution < 1.29 is 4.74 Å². The van der Waals surface area contributed by atoms with Crippen molar-refractivity contribution in [1.82, 2.24) is 5.32 Å². The third kappa shape index (κ3) is 3.48. The third-order valence-corrected chi connectivity index (χ3v) is 3.11. The van der Waals surface area contributed by atoms with Gasteiger partial charge in [0.05, 0.1) is 6.07 Å². The molecule has 1 N–H and O–H groups in total. The van der Waals surface area contributed by atoms with E-state index >= 15 is 0 Å². The molecule has 1 atom stereocenters. The Hall–Kier alpha value is -1.53. The van der Waals surface area contributed by atoms with E-state index in [1.165, 1.54) is 5.56 Å². The van der Waals surface area contributed by atoms with Crippen LogP contribution in [0.1, 0.15) is 37.8 Å². The van der Waals surface area contributed by atoms with Crippen LogP contribution in [0.3, 0.4) is 0 Å². The van der Waals surface area contributed by atoms with Crippen LogP contribution in [0.15, 0.2) is 18.2 Å². The first-order valence-electron chi connectivity index (χ1n) is 6.25. The van der Waals surface area contributed by atoms with E-state index in [0.29, 0.717) is 12.5 Å². The smallest absolute Gasteiger partial charge is 0.137 e. The molecule has 0 aliphatic heterocycles. The van der Waals surface area contributed by atoms with Gasteiger partial charge in [0.2, 0.25) is 0 Å². The predicted molar refractivity (Wildman–Crippen MR) is 73.8 cm³/mol. The van der Waals surface area contributed by atoms with Gasteiger partial charge in [-0.3, -0.25) is 5.32 Å². The number of nitrogens with zero attached hydrogens (tertiary/aromatic N) is 1. The highest BCUT2D eigenvalue weighted by atomic mass is 16.5. The zero-order chi connectivity index (χ0) is 13.8. The fourth-order valence-electron chi connectivity index (χ4n) is 1.63. The Morgan fingerprint density at radius 2 is 2.11 bits per heavy atom. The molecule has 1 aromatic carbocycles. The van der Waals surface area contributed by atoms with Crippen LogP contribution in [0.25, 0.3) is 0 Å². The highest BCUT2D eigenvalue weighted by Gasteiger charge is 2.23. The summed E-state index contributed by atoms with van der Waals surface area (Å²) in [5.74, 6) is 1.28. The summed E-state index contributed by atoms with van der Waals surface area (Å²) >= 11 is 0. The van der Waals surface area contributed by atoms with E-state index in [-0.39, 0.29) is 0 Å². The Bertz CT molecular complexity index is 448. The maximum atomic E-state index is 9.10. The lowest BCUT2D eigenvalue weighted by Gasteiger charge is -2.23. The first-order chi connectivity index (χ1) is 8.41. The van der Waals surface area contributed by atoms with Gasteiger partial charge < -0.3 is 4.74 Å². The summed E-state index contributed by atoms with van der Waals surface area (Å²) in [5, 5.41) is 12.1. The number of likely N-dealkylation sites (N-methyl/N-ethyl adjacent to an activating group) is 1. The summed E-state index contributed by atoms with van der Waals surface area (Å²) in [7, 11) is 1.77. The number of nitriles is 1. The largest absolute Gasteiger partial charge is 0.490 e. The molecule has 0 aliphatic carbocycles. The number of hydrogen-bond acceptors (Lipinski definition) is 3. The fraction of sp³-hybridized carbons (Fsp3) is 0.533. The number of hydrogen-bond donors (Lipinski definition) is 1. The van der Waals surface area contributed by atoms with Crippen molar-refractivity contribution in [2.45, 2.75) is 39.2 Å². The average Bonchev–Trinajstić information content (AvgIpc) is 2.35. The number of rotatable bonds is 5. The van der Waals surface area contributed by atoms with Gasteiger partial charge in [0, 0.05) is 0 Å². The van der Waals surface area contributed by atoms with Gasteiger partial charge in [-0.15, -0.1) is 0 Å². The van der Waals surface area contributed by atoms with Gasteiger partial charge in [0.15, 0.2) is 0 Å². The van der Waals surface area contributed by atoms with Gasteiger partial charge in [-0.2, -0.15) is 5.26 Å². The fourth-order valence-corrected chi connectivity index (χ4v) is 1.63. The molecule has 0 fully saturated rings. The molecule has 0 radical (unpaired) electrons. The van der Waals surface area contributed by atoms with E-state index in [4.69, 9.17) is 10.00 Å². The summed E-state index contributed by atoms with van der Waals surface area (Å²) in [4.78, 5) is 0. The zero-order valence-corrected chi connectivity index (χ0v) is 11.9. The molecule has 0 saturated heterocycles. The lowest BCUT2D eigenvalue weighted by Crippen LogP contribution is -2.43. The maximum absolute atomic E-state index is 9.10. The van der Waals surface area contributed by atoms with E-state index in [1.807, 2.05) is 19.9 Å². The molecule has 3 nitrogen and oxygen atoms in total. The van der Waals surface area contributed by atoms with Gasteiger partial charge in [-0.05, 0) is 44.0 Å². The summed E-state index contributed by atoms with van der Waals surface area (Å²) in [6.45, 7) is 8.48. The van der Waals surface area contributed by atoms with E-state index in [1.54, 1.807) is 7.05 Å². The molecule has 0 heterocycles. The Kier molecular flexibility index (Phi) is 4.75. The number of ether oxygens (including phenoxy) is 1. The number of aryl methyl sites for hydroxylation is 1. The van der Waals surface area contributed by atoms with Gasteiger partial charge in [0.1, 0.15) is 17.9 Å². The van der Waals surface area contributed by atoms with Crippen molar-refractivity contribution in [1.29, 1.82) is 5.26 Å². The van der Waals surface area contributed by atoms with E-state index in [0.717, 1.165) is 11.3 Å². The minimum atomic E-state index is -0.655. The Morgan fingerprint density at radius 1 is 1.44 bits per heavy atom. The molecule has 0 aliphatic rings.